The van der Waals surface area contributed by atoms with E-state index >= 15 is 0 Å². The van der Waals surface area contributed by atoms with Crippen LogP contribution >= 0.6 is 0 Å². The van der Waals surface area contributed by atoms with E-state index in [2.05, 4.69) is 5.32 Å². The number of methoxy groups -OCH3 is 2. The highest BCUT2D eigenvalue weighted by Gasteiger charge is 2.36. The predicted octanol–water partition coefficient (Wildman–Crippen LogP) is 3.72. The van der Waals surface area contributed by atoms with E-state index in [9.17, 15) is 9.59 Å². The summed E-state index contributed by atoms with van der Waals surface area (Å²) in [6.45, 7) is 7.25. The van der Waals surface area contributed by atoms with Crippen LogP contribution in [0.1, 0.15) is 43.6 Å². The van der Waals surface area contributed by atoms with E-state index in [0.29, 0.717) is 34.9 Å². The number of fused-ring (bicyclic) bond motifs is 1. The first-order chi connectivity index (χ1) is 14.2. The van der Waals surface area contributed by atoms with E-state index in [-0.39, 0.29) is 12.0 Å². The highest BCUT2D eigenvalue weighted by atomic mass is 16.6. The minimum atomic E-state index is -1.29. The van der Waals surface area contributed by atoms with Crippen molar-refractivity contribution in [2.45, 2.75) is 45.9 Å². The number of amides is 1. The standard InChI is InChI=1S/C23H27NO6/c1-13(2)29-22(26)23(3,4)30-19-15(10-11-18(27-5)20(19)28-6)14-8-7-9-16-17(14)12-24-21(16)25/h7-11,13H,12H2,1-6H3,(H,24,25). The van der Waals surface area contributed by atoms with Crippen molar-refractivity contribution in [1.29, 1.82) is 0 Å². The summed E-state index contributed by atoms with van der Waals surface area (Å²) in [5.41, 5.74) is 1.69. The maximum Gasteiger partial charge on any atom is 0.350 e. The third-order valence-electron chi connectivity index (χ3n) is 4.83. The summed E-state index contributed by atoms with van der Waals surface area (Å²) in [5, 5.41) is 2.84. The quantitative estimate of drug-likeness (QED) is 0.697. The maximum atomic E-state index is 12.6. The van der Waals surface area contributed by atoms with Crippen molar-refractivity contribution >= 4 is 11.9 Å². The zero-order valence-corrected chi connectivity index (χ0v) is 18.1. The molecular formula is C23H27NO6. The summed E-state index contributed by atoms with van der Waals surface area (Å²) >= 11 is 0. The Morgan fingerprint density at radius 3 is 2.33 bits per heavy atom. The van der Waals surface area contributed by atoms with Crippen molar-refractivity contribution in [2.75, 3.05) is 14.2 Å². The van der Waals surface area contributed by atoms with Gasteiger partial charge in [0.1, 0.15) is 0 Å². The van der Waals surface area contributed by atoms with Crippen LogP contribution in [0.4, 0.5) is 0 Å². The highest BCUT2D eigenvalue weighted by molar-refractivity contribution is 6.01. The Balaban J connectivity index is 2.17. The molecule has 1 aliphatic rings. The van der Waals surface area contributed by atoms with Crippen molar-refractivity contribution in [3.05, 3.63) is 41.5 Å². The van der Waals surface area contributed by atoms with Gasteiger partial charge in [-0.3, -0.25) is 4.79 Å². The molecular weight excluding hydrogens is 386 g/mol. The van der Waals surface area contributed by atoms with Gasteiger partial charge in [0.15, 0.2) is 17.1 Å². The zero-order chi connectivity index (χ0) is 22.1. The van der Waals surface area contributed by atoms with Crippen LogP contribution in [0, 0.1) is 0 Å². The summed E-state index contributed by atoms with van der Waals surface area (Å²) in [5.74, 6) is 0.552. The Morgan fingerprint density at radius 1 is 1.00 bits per heavy atom. The molecule has 2 aromatic rings. The molecule has 160 valence electrons. The van der Waals surface area contributed by atoms with Crippen molar-refractivity contribution in [3.8, 4) is 28.4 Å². The van der Waals surface area contributed by atoms with Crippen molar-refractivity contribution in [1.82, 2.24) is 5.32 Å². The van der Waals surface area contributed by atoms with Crippen LogP contribution in [-0.4, -0.2) is 37.8 Å². The lowest BCUT2D eigenvalue weighted by atomic mass is 9.95. The molecule has 0 radical (unpaired) electrons. The summed E-state index contributed by atoms with van der Waals surface area (Å²) in [4.78, 5) is 24.8. The van der Waals surface area contributed by atoms with Gasteiger partial charge in [0.25, 0.3) is 5.91 Å². The molecule has 30 heavy (non-hydrogen) atoms. The monoisotopic (exact) mass is 413 g/mol. The average Bonchev–Trinajstić information content (AvgIpc) is 3.08. The third-order valence-corrected chi connectivity index (χ3v) is 4.83. The van der Waals surface area contributed by atoms with E-state index in [0.717, 1.165) is 11.1 Å². The molecule has 7 nitrogen and oxygen atoms in total. The summed E-state index contributed by atoms with van der Waals surface area (Å²) in [7, 11) is 3.04. The van der Waals surface area contributed by atoms with Crippen LogP contribution in [-0.2, 0) is 16.1 Å². The van der Waals surface area contributed by atoms with Crippen LogP contribution in [0.2, 0.25) is 0 Å². The van der Waals surface area contributed by atoms with Crippen molar-refractivity contribution < 1.29 is 28.5 Å². The Kier molecular flexibility index (Phi) is 5.92. The summed E-state index contributed by atoms with van der Waals surface area (Å²) in [6, 6.07) is 9.11. The number of carbonyl (C=O) groups excluding carboxylic acids is 2. The molecule has 0 aromatic heterocycles. The van der Waals surface area contributed by atoms with Gasteiger partial charge in [-0.1, -0.05) is 12.1 Å². The number of carbonyl (C=O) groups is 2. The van der Waals surface area contributed by atoms with Gasteiger partial charge < -0.3 is 24.3 Å². The van der Waals surface area contributed by atoms with Crippen molar-refractivity contribution in [2.24, 2.45) is 0 Å². The number of hydrogen-bond donors (Lipinski definition) is 1. The molecule has 0 bridgehead atoms. The van der Waals surface area contributed by atoms with E-state index in [1.807, 2.05) is 18.2 Å². The average molecular weight is 413 g/mol. The molecule has 0 spiro atoms. The summed E-state index contributed by atoms with van der Waals surface area (Å²) < 4.78 is 22.6. The molecule has 1 amide bonds. The van der Waals surface area contributed by atoms with E-state index in [4.69, 9.17) is 18.9 Å². The summed E-state index contributed by atoms with van der Waals surface area (Å²) in [6.07, 6.45) is -0.276. The lowest BCUT2D eigenvalue weighted by Gasteiger charge is -2.28. The fraction of sp³-hybridized carbons (Fsp3) is 0.391. The first kappa shape index (κ1) is 21.5. The van der Waals surface area contributed by atoms with E-state index < -0.39 is 11.6 Å². The van der Waals surface area contributed by atoms with Gasteiger partial charge in [0.05, 0.1) is 20.3 Å². The molecule has 0 aliphatic carbocycles. The highest BCUT2D eigenvalue weighted by Crippen LogP contribution is 2.47. The Bertz CT molecular complexity index is 980. The van der Waals surface area contributed by atoms with Crippen LogP contribution in [0.5, 0.6) is 17.2 Å². The Labute approximate surface area is 176 Å². The van der Waals surface area contributed by atoms with Crippen LogP contribution in [0.15, 0.2) is 30.3 Å². The molecule has 1 heterocycles. The van der Waals surface area contributed by atoms with Gasteiger partial charge in [0.2, 0.25) is 5.75 Å². The molecule has 0 unspecified atom stereocenters. The second-order valence-corrected chi connectivity index (χ2v) is 7.76. The number of hydrogen-bond acceptors (Lipinski definition) is 6. The van der Waals surface area contributed by atoms with Gasteiger partial charge in [-0.25, -0.2) is 4.79 Å². The minimum Gasteiger partial charge on any atom is -0.493 e. The molecule has 2 aromatic carbocycles. The van der Waals surface area contributed by atoms with Crippen LogP contribution in [0.25, 0.3) is 11.1 Å². The second kappa shape index (κ2) is 8.26. The van der Waals surface area contributed by atoms with Gasteiger partial charge >= 0.3 is 5.97 Å². The molecule has 1 N–H and O–H groups in total. The van der Waals surface area contributed by atoms with Crippen molar-refractivity contribution in [3.63, 3.8) is 0 Å². The molecule has 3 rings (SSSR count). The number of rotatable bonds is 7. The number of benzene rings is 2. The van der Waals surface area contributed by atoms with Crippen LogP contribution in [0.3, 0.4) is 0 Å². The largest absolute Gasteiger partial charge is 0.493 e. The zero-order valence-electron chi connectivity index (χ0n) is 18.1. The fourth-order valence-corrected chi connectivity index (χ4v) is 3.37. The number of ether oxygens (including phenoxy) is 4. The first-order valence-corrected chi connectivity index (χ1v) is 9.75. The first-order valence-electron chi connectivity index (χ1n) is 9.75. The molecule has 7 heteroatoms. The smallest absolute Gasteiger partial charge is 0.350 e. The normalized spacial score (nSPS) is 13.0. The molecule has 0 atom stereocenters. The Hall–Kier alpha value is -3.22. The molecule has 0 fully saturated rings. The van der Waals surface area contributed by atoms with E-state index in [1.54, 1.807) is 39.8 Å². The van der Waals surface area contributed by atoms with Gasteiger partial charge in [-0.05, 0) is 57.0 Å². The molecule has 0 saturated heterocycles. The second-order valence-electron chi connectivity index (χ2n) is 7.76. The van der Waals surface area contributed by atoms with Gasteiger partial charge in [-0.15, -0.1) is 0 Å². The maximum absolute atomic E-state index is 12.6. The lowest BCUT2D eigenvalue weighted by Crippen LogP contribution is -2.41. The minimum absolute atomic E-state index is 0.115. The fourth-order valence-electron chi connectivity index (χ4n) is 3.37. The van der Waals surface area contributed by atoms with E-state index in [1.165, 1.54) is 14.2 Å². The molecule has 1 aliphatic heterocycles. The van der Waals surface area contributed by atoms with Crippen LogP contribution < -0.4 is 19.5 Å². The van der Waals surface area contributed by atoms with Gasteiger partial charge in [-0.2, -0.15) is 0 Å². The van der Waals surface area contributed by atoms with Gasteiger partial charge in [0, 0.05) is 17.7 Å². The molecule has 0 saturated carbocycles. The number of nitrogens with one attached hydrogen (secondary N) is 1. The SMILES string of the molecule is COc1ccc(-c2cccc3c2CNC3=O)c(OC(C)(C)C(=O)OC(C)C)c1OC. The number of esters is 1. The lowest BCUT2D eigenvalue weighted by molar-refractivity contribution is -0.163. The predicted molar refractivity (Wildman–Crippen MR) is 112 cm³/mol. The third kappa shape index (κ3) is 3.92. The topological polar surface area (TPSA) is 83.1 Å². The Morgan fingerprint density at radius 2 is 1.70 bits per heavy atom.